The fraction of sp³-hybridized carbons (Fsp3) is 0.100. The van der Waals surface area contributed by atoms with Gasteiger partial charge in [-0.25, -0.2) is 0 Å². The van der Waals surface area contributed by atoms with E-state index >= 15 is 0 Å². The fourth-order valence-electron chi connectivity index (χ4n) is 1.38. The van der Waals surface area contributed by atoms with E-state index in [0.717, 1.165) is 16.6 Å². The maximum absolute atomic E-state index is 6.03. The molecule has 0 aliphatic carbocycles. The molecule has 1 N–H and O–H groups in total. The molecule has 1 heterocycles. The SMILES string of the molecule is CNc1ccnc2c(Cl)c(Cl)ccc12. The number of nitrogens with zero attached hydrogens (tertiary/aromatic N) is 1. The van der Waals surface area contributed by atoms with Crippen LogP contribution in [0.15, 0.2) is 24.4 Å². The average Bonchev–Trinajstić information content (AvgIpc) is 2.23. The lowest BCUT2D eigenvalue weighted by Gasteiger charge is -2.06. The van der Waals surface area contributed by atoms with Gasteiger partial charge in [-0.3, -0.25) is 4.98 Å². The first-order valence-corrected chi connectivity index (χ1v) is 4.90. The zero-order valence-electron chi connectivity index (χ0n) is 7.51. The summed E-state index contributed by atoms with van der Waals surface area (Å²) in [6.45, 7) is 0. The minimum atomic E-state index is 0.501. The van der Waals surface area contributed by atoms with Gasteiger partial charge in [-0.15, -0.1) is 0 Å². The Hall–Kier alpha value is -0.990. The van der Waals surface area contributed by atoms with Crippen molar-refractivity contribution in [2.75, 3.05) is 12.4 Å². The molecule has 0 saturated heterocycles. The van der Waals surface area contributed by atoms with Crippen molar-refractivity contribution in [3.63, 3.8) is 0 Å². The lowest BCUT2D eigenvalue weighted by Crippen LogP contribution is -1.91. The van der Waals surface area contributed by atoms with Crippen LogP contribution in [-0.4, -0.2) is 12.0 Å². The van der Waals surface area contributed by atoms with Gasteiger partial charge in [0, 0.05) is 24.3 Å². The van der Waals surface area contributed by atoms with E-state index in [1.807, 2.05) is 19.2 Å². The fourth-order valence-corrected chi connectivity index (χ4v) is 1.74. The number of rotatable bonds is 1. The van der Waals surface area contributed by atoms with E-state index in [9.17, 15) is 0 Å². The molecule has 2 rings (SSSR count). The Morgan fingerprint density at radius 2 is 2.00 bits per heavy atom. The number of pyridine rings is 1. The molecule has 2 aromatic rings. The highest BCUT2D eigenvalue weighted by Crippen LogP contribution is 2.32. The van der Waals surface area contributed by atoms with Crippen LogP contribution < -0.4 is 5.32 Å². The summed E-state index contributed by atoms with van der Waals surface area (Å²) in [6, 6.07) is 5.57. The zero-order chi connectivity index (χ0) is 10.1. The van der Waals surface area contributed by atoms with Crippen LogP contribution in [0.2, 0.25) is 10.0 Å². The summed E-state index contributed by atoms with van der Waals surface area (Å²) in [4.78, 5) is 4.19. The Morgan fingerprint density at radius 1 is 1.21 bits per heavy atom. The van der Waals surface area contributed by atoms with Gasteiger partial charge in [0.2, 0.25) is 0 Å². The molecule has 1 aromatic carbocycles. The van der Waals surface area contributed by atoms with Crippen LogP contribution in [0.4, 0.5) is 5.69 Å². The Morgan fingerprint density at radius 3 is 2.71 bits per heavy atom. The number of nitrogens with one attached hydrogen (secondary N) is 1. The van der Waals surface area contributed by atoms with Gasteiger partial charge in [0.05, 0.1) is 15.6 Å². The molecule has 0 bridgehead atoms. The summed E-state index contributed by atoms with van der Waals surface area (Å²) in [7, 11) is 1.86. The summed E-state index contributed by atoms with van der Waals surface area (Å²) >= 11 is 11.9. The molecular formula is C10H8Cl2N2. The number of halogens is 2. The van der Waals surface area contributed by atoms with Crippen molar-refractivity contribution in [2.24, 2.45) is 0 Å². The van der Waals surface area contributed by atoms with Crippen molar-refractivity contribution in [3.8, 4) is 0 Å². The Bertz CT molecular complexity index is 483. The molecule has 0 saturated carbocycles. The van der Waals surface area contributed by atoms with Crippen LogP contribution >= 0.6 is 23.2 Å². The van der Waals surface area contributed by atoms with Crippen LogP contribution in [0.5, 0.6) is 0 Å². The van der Waals surface area contributed by atoms with E-state index in [-0.39, 0.29) is 0 Å². The molecule has 72 valence electrons. The zero-order valence-corrected chi connectivity index (χ0v) is 9.02. The van der Waals surface area contributed by atoms with Crippen LogP contribution in [0, 0.1) is 0 Å². The molecule has 0 spiro atoms. The standard InChI is InChI=1S/C10H8Cl2N2/c1-13-8-4-5-14-10-6(8)2-3-7(11)9(10)12/h2-5H,1H3,(H,13,14). The van der Waals surface area contributed by atoms with Crippen molar-refractivity contribution in [3.05, 3.63) is 34.4 Å². The minimum absolute atomic E-state index is 0.501. The van der Waals surface area contributed by atoms with E-state index in [4.69, 9.17) is 23.2 Å². The number of benzene rings is 1. The molecule has 0 amide bonds. The summed E-state index contributed by atoms with van der Waals surface area (Å²) in [5, 5.41) is 5.08. The Balaban J connectivity index is 2.86. The largest absolute Gasteiger partial charge is 0.388 e. The molecule has 2 nitrogen and oxygen atoms in total. The summed E-state index contributed by atoms with van der Waals surface area (Å²) in [5.41, 5.74) is 1.72. The van der Waals surface area contributed by atoms with Crippen molar-refractivity contribution < 1.29 is 0 Å². The minimum Gasteiger partial charge on any atom is -0.388 e. The molecule has 0 unspecified atom stereocenters. The maximum atomic E-state index is 6.03. The number of fused-ring (bicyclic) bond motifs is 1. The molecular weight excluding hydrogens is 219 g/mol. The Labute approximate surface area is 91.9 Å². The highest BCUT2D eigenvalue weighted by Gasteiger charge is 2.06. The topological polar surface area (TPSA) is 24.9 Å². The smallest absolute Gasteiger partial charge is 0.0924 e. The second-order valence-electron chi connectivity index (χ2n) is 2.87. The normalized spacial score (nSPS) is 10.5. The number of anilines is 1. The van der Waals surface area contributed by atoms with Gasteiger partial charge in [-0.2, -0.15) is 0 Å². The van der Waals surface area contributed by atoms with Crippen LogP contribution in [0.1, 0.15) is 0 Å². The lowest BCUT2D eigenvalue weighted by atomic mass is 10.2. The van der Waals surface area contributed by atoms with E-state index in [1.54, 1.807) is 12.3 Å². The van der Waals surface area contributed by atoms with Crippen molar-refractivity contribution >= 4 is 39.8 Å². The van der Waals surface area contributed by atoms with Crippen LogP contribution in [-0.2, 0) is 0 Å². The molecule has 1 aromatic heterocycles. The average molecular weight is 227 g/mol. The molecule has 0 fully saturated rings. The van der Waals surface area contributed by atoms with Crippen molar-refractivity contribution in [2.45, 2.75) is 0 Å². The third-order valence-electron chi connectivity index (χ3n) is 2.07. The van der Waals surface area contributed by atoms with Gasteiger partial charge in [-0.05, 0) is 18.2 Å². The summed E-state index contributed by atoms with van der Waals surface area (Å²) in [6.07, 6.45) is 1.70. The van der Waals surface area contributed by atoms with Gasteiger partial charge in [0.25, 0.3) is 0 Å². The summed E-state index contributed by atoms with van der Waals surface area (Å²) < 4.78 is 0. The van der Waals surface area contributed by atoms with E-state index in [1.165, 1.54) is 0 Å². The second kappa shape index (κ2) is 3.64. The monoisotopic (exact) mass is 226 g/mol. The van der Waals surface area contributed by atoms with Crippen LogP contribution in [0.25, 0.3) is 10.9 Å². The van der Waals surface area contributed by atoms with E-state index in [0.29, 0.717) is 10.0 Å². The van der Waals surface area contributed by atoms with Gasteiger partial charge in [-0.1, -0.05) is 23.2 Å². The van der Waals surface area contributed by atoms with Crippen molar-refractivity contribution in [1.29, 1.82) is 0 Å². The van der Waals surface area contributed by atoms with Gasteiger partial charge in [0.1, 0.15) is 0 Å². The second-order valence-corrected chi connectivity index (χ2v) is 3.65. The Kier molecular flexibility index (Phi) is 2.48. The number of hydrogen-bond donors (Lipinski definition) is 1. The third kappa shape index (κ3) is 1.41. The predicted molar refractivity (Wildman–Crippen MR) is 61.3 cm³/mol. The number of hydrogen-bond acceptors (Lipinski definition) is 2. The first kappa shape index (κ1) is 9.56. The molecule has 0 aliphatic heterocycles. The highest BCUT2D eigenvalue weighted by molar-refractivity contribution is 6.45. The maximum Gasteiger partial charge on any atom is 0.0924 e. The van der Waals surface area contributed by atoms with Gasteiger partial charge in [0.15, 0.2) is 0 Å². The first-order chi connectivity index (χ1) is 6.74. The summed E-state index contributed by atoms with van der Waals surface area (Å²) in [5.74, 6) is 0. The highest BCUT2D eigenvalue weighted by atomic mass is 35.5. The quantitative estimate of drug-likeness (QED) is 0.805. The van der Waals surface area contributed by atoms with E-state index < -0.39 is 0 Å². The third-order valence-corrected chi connectivity index (χ3v) is 2.87. The predicted octanol–water partition coefficient (Wildman–Crippen LogP) is 3.58. The molecule has 0 aliphatic rings. The first-order valence-electron chi connectivity index (χ1n) is 4.14. The van der Waals surface area contributed by atoms with Crippen LogP contribution in [0.3, 0.4) is 0 Å². The van der Waals surface area contributed by atoms with E-state index in [2.05, 4.69) is 10.3 Å². The molecule has 4 heteroatoms. The number of aromatic nitrogens is 1. The lowest BCUT2D eigenvalue weighted by molar-refractivity contribution is 1.39. The molecule has 0 atom stereocenters. The van der Waals surface area contributed by atoms with Gasteiger partial charge >= 0.3 is 0 Å². The van der Waals surface area contributed by atoms with Crippen molar-refractivity contribution in [1.82, 2.24) is 4.98 Å². The molecule has 0 radical (unpaired) electrons. The van der Waals surface area contributed by atoms with Gasteiger partial charge < -0.3 is 5.32 Å². The molecule has 14 heavy (non-hydrogen) atoms.